The molecule has 0 aliphatic carbocycles. The Hall–Kier alpha value is -0.981. The van der Waals surface area contributed by atoms with E-state index in [0.29, 0.717) is 20.5 Å². The normalized spacial score (nSPS) is 21.0. The van der Waals surface area contributed by atoms with Gasteiger partial charge >= 0.3 is 144 Å². The molecule has 0 unspecified atom stereocenters. The molecule has 1 aromatic heterocycles. The van der Waals surface area contributed by atoms with Crippen LogP contribution in [0.3, 0.4) is 0 Å². The van der Waals surface area contributed by atoms with Gasteiger partial charge in [0.1, 0.15) is 0 Å². The van der Waals surface area contributed by atoms with E-state index in [0.717, 1.165) is 13.0 Å². The first-order valence-corrected chi connectivity index (χ1v) is 8.95. The summed E-state index contributed by atoms with van der Waals surface area (Å²) in [5.41, 5.74) is 0.571. The van der Waals surface area contributed by atoms with E-state index in [1.165, 1.54) is 29.7 Å². The number of nitrogens with zero attached hydrogens (tertiary/aromatic N) is 1. The molecule has 2 aromatic rings. The van der Waals surface area contributed by atoms with Crippen LogP contribution < -0.4 is 10.6 Å². The zero-order chi connectivity index (χ0) is 15.7. The Morgan fingerprint density at radius 2 is 2.32 bits per heavy atom. The van der Waals surface area contributed by atoms with Crippen molar-refractivity contribution in [1.29, 1.82) is 0 Å². The van der Waals surface area contributed by atoms with E-state index in [4.69, 9.17) is 11.6 Å². The molecule has 2 N–H and O–H groups in total. The van der Waals surface area contributed by atoms with Crippen LogP contribution in [-0.2, 0) is 0 Å². The third kappa shape index (κ3) is 3.50. The minimum absolute atomic E-state index is 0.0988. The SMILES string of the molecule is O=C(N[C@H]1CCN[C@H]1[SeH])c1cnc(-c2cc(F)cc(Cl)c2)s1. The van der Waals surface area contributed by atoms with Gasteiger partial charge in [0.05, 0.1) is 0 Å². The summed E-state index contributed by atoms with van der Waals surface area (Å²) < 4.78 is 13.4. The number of halogens is 2. The Balaban J connectivity index is 1.76. The molecule has 1 amide bonds. The summed E-state index contributed by atoms with van der Waals surface area (Å²) in [7, 11) is 0. The summed E-state index contributed by atoms with van der Waals surface area (Å²) in [5.74, 6) is -0.580. The van der Waals surface area contributed by atoms with E-state index in [9.17, 15) is 9.18 Å². The standard InChI is InChI=1S/C14H13ClFN3OSSe/c15-8-3-7(4-9(16)5-8)13-18-6-11(21-13)12(20)19-10-1-2-17-14(10)22/h3-6,10,14,17,22H,1-2H2,(H,19,20)/t10-,14-/m0/s1. The van der Waals surface area contributed by atoms with Crippen molar-refractivity contribution < 1.29 is 9.18 Å². The van der Waals surface area contributed by atoms with Gasteiger partial charge in [-0.15, -0.1) is 0 Å². The zero-order valence-corrected chi connectivity index (χ0v) is 14.8. The van der Waals surface area contributed by atoms with E-state index < -0.39 is 5.82 Å². The Morgan fingerprint density at radius 3 is 3.00 bits per heavy atom. The van der Waals surface area contributed by atoms with Crippen LogP contribution >= 0.6 is 22.9 Å². The van der Waals surface area contributed by atoms with Crippen molar-refractivity contribution in [3.05, 3.63) is 40.1 Å². The molecule has 1 aliphatic heterocycles. The Morgan fingerprint density at radius 1 is 1.50 bits per heavy atom. The van der Waals surface area contributed by atoms with Crippen LogP contribution in [0.1, 0.15) is 16.1 Å². The molecular formula is C14H13ClFN3OSSe. The van der Waals surface area contributed by atoms with Gasteiger partial charge in [-0.25, -0.2) is 0 Å². The second kappa shape index (κ2) is 6.64. The molecule has 1 saturated heterocycles. The molecule has 2 atom stereocenters. The molecule has 1 aliphatic rings. The maximum absolute atomic E-state index is 13.4. The van der Waals surface area contributed by atoms with Gasteiger partial charge < -0.3 is 0 Å². The molecule has 22 heavy (non-hydrogen) atoms. The number of carbonyl (C=O) groups excluding carboxylic acids is 1. The molecule has 8 heteroatoms. The third-order valence-corrected chi connectivity index (χ3v) is 5.75. The van der Waals surface area contributed by atoms with Crippen molar-refractivity contribution in [2.75, 3.05) is 6.54 Å². The second-order valence-electron chi connectivity index (χ2n) is 4.96. The number of benzene rings is 1. The Bertz CT molecular complexity index is 691. The van der Waals surface area contributed by atoms with Gasteiger partial charge in [-0.3, -0.25) is 0 Å². The number of rotatable bonds is 3. The molecule has 0 radical (unpaired) electrons. The third-order valence-electron chi connectivity index (χ3n) is 3.35. The second-order valence-corrected chi connectivity index (χ2v) is 7.59. The summed E-state index contributed by atoms with van der Waals surface area (Å²) in [6.07, 6.45) is 2.41. The predicted molar refractivity (Wildman–Crippen MR) is 87.3 cm³/mol. The van der Waals surface area contributed by atoms with E-state index in [1.54, 1.807) is 6.07 Å². The topological polar surface area (TPSA) is 54.0 Å². The van der Waals surface area contributed by atoms with Crippen LogP contribution in [0.2, 0.25) is 5.02 Å². The van der Waals surface area contributed by atoms with Crippen LogP contribution in [0.5, 0.6) is 0 Å². The number of thiazole rings is 1. The summed E-state index contributed by atoms with van der Waals surface area (Å²) in [6, 6.07) is 4.32. The molecule has 1 fully saturated rings. The van der Waals surface area contributed by atoms with Gasteiger partial charge in [0, 0.05) is 0 Å². The molecule has 0 saturated carbocycles. The number of carbonyl (C=O) groups is 1. The summed E-state index contributed by atoms with van der Waals surface area (Å²) in [5, 5.41) is 7.12. The first-order chi connectivity index (χ1) is 10.5. The van der Waals surface area contributed by atoms with E-state index in [-0.39, 0.29) is 16.9 Å². The van der Waals surface area contributed by atoms with Crippen molar-refractivity contribution in [3.8, 4) is 10.6 Å². The molecule has 0 bridgehead atoms. The molecule has 3 rings (SSSR count). The number of hydrogen-bond donors (Lipinski definition) is 2. The van der Waals surface area contributed by atoms with Crippen molar-refractivity contribution in [2.24, 2.45) is 0 Å². The van der Waals surface area contributed by atoms with Gasteiger partial charge in [0.25, 0.3) is 0 Å². The van der Waals surface area contributed by atoms with Gasteiger partial charge in [-0.2, -0.15) is 0 Å². The molecule has 2 heterocycles. The average Bonchev–Trinajstić information content (AvgIpc) is 3.08. The number of aromatic nitrogens is 1. The quantitative estimate of drug-likeness (QED) is 0.769. The molecule has 1 aromatic carbocycles. The van der Waals surface area contributed by atoms with Gasteiger partial charge in [-0.05, 0) is 0 Å². The monoisotopic (exact) mass is 405 g/mol. The molecule has 0 spiro atoms. The zero-order valence-electron chi connectivity index (χ0n) is 11.3. The fraction of sp³-hybridized carbons (Fsp3) is 0.286. The van der Waals surface area contributed by atoms with E-state index in [1.807, 2.05) is 0 Å². The Labute approximate surface area is 144 Å². The Kier molecular flexibility index (Phi) is 4.80. The molecule has 4 nitrogen and oxygen atoms in total. The average molecular weight is 405 g/mol. The van der Waals surface area contributed by atoms with Crippen LogP contribution in [0.25, 0.3) is 10.6 Å². The number of hydrogen-bond acceptors (Lipinski definition) is 4. The number of amides is 1. The van der Waals surface area contributed by atoms with Gasteiger partial charge in [-0.1, -0.05) is 0 Å². The minimum atomic E-state index is -0.424. The van der Waals surface area contributed by atoms with Crippen molar-refractivity contribution in [3.63, 3.8) is 0 Å². The van der Waals surface area contributed by atoms with Gasteiger partial charge in [0.15, 0.2) is 0 Å². The first kappa shape index (κ1) is 15.9. The van der Waals surface area contributed by atoms with Crippen LogP contribution in [0.15, 0.2) is 24.4 Å². The van der Waals surface area contributed by atoms with Crippen LogP contribution in [-0.4, -0.2) is 44.4 Å². The van der Waals surface area contributed by atoms with Crippen molar-refractivity contribution >= 4 is 44.9 Å². The van der Waals surface area contributed by atoms with E-state index in [2.05, 4.69) is 31.6 Å². The van der Waals surface area contributed by atoms with Gasteiger partial charge in [0.2, 0.25) is 0 Å². The summed E-state index contributed by atoms with van der Waals surface area (Å²) in [4.78, 5) is 17.1. The van der Waals surface area contributed by atoms with Crippen LogP contribution in [0, 0.1) is 5.82 Å². The molecule has 116 valence electrons. The molecular weight excluding hydrogens is 392 g/mol. The fourth-order valence-electron chi connectivity index (χ4n) is 2.27. The summed E-state index contributed by atoms with van der Waals surface area (Å²) >= 11 is 9.59. The van der Waals surface area contributed by atoms with Crippen LogP contribution in [0.4, 0.5) is 4.39 Å². The summed E-state index contributed by atoms with van der Waals surface area (Å²) in [6.45, 7) is 0.889. The predicted octanol–water partition coefficient (Wildman–Crippen LogP) is 1.92. The van der Waals surface area contributed by atoms with Crippen molar-refractivity contribution in [1.82, 2.24) is 15.6 Å². The maximum atomic E-state index is 13.4. The fourth-order valence-corrected chi connectivity index (χ4v) is 4.04. The van der Waals surface area contributed by atoms with Crippen molar-refractivity contribution in [2.45, 2.75) is 17.4 Å². The number of nitrogens with one attached hydrogen (secondary N) is 2. The van der Waals surface area contributed by atoms with E-state index >= 15 is 0 Å². The first-order valence-electron chi connectivity index (χ1n) is 6.67.